The SMILES string of the molecule is Cc1ccc(C(C)NCCc2ccc(F)cc2)o1. The van der Waals surface area contributed by atoms with Crippen molar-refractivity contribution >= 4 is 0 Å². The third kappa shape index (κ3) is 3.44. The summed E-state index contributed by atoms with van der Waals surface area (Å²) < 4.78 is 18.3. The van der Waals surface area contributed by atoms with Crippen LogP contribution in [0.15, 0.2) is 40.8 Å². The summed E-state index contributed by atoms with van der Waals surface area (Å²) in [5.74, 6) is 1.69. The molecule has 1 aromatic heterocycles. The van der Waals surface area contributed by atoms with Crippen LogP contribution in [0, 0.1) is 12.7 Å². The van der Waals surface area contributed by atoms with Crippen molar-refractivity contribution in [2.24, 2.45) is 0 Å². The molecule has 1 heterocycles. The lowest BCUT2D eigenvalue weighted by molar-refractivity contribution is 0.418. The van der Waals surface area contributed by atoms with E-state index >= 15 is 0 Å². The maximum atomic E-state index is 12.7. The van der Waals surface area contributed by atoms with E-state index in [4.69, 9.17) is 4.42 Å². The van der Waals surface area contributed by atoms with Crippen molar-refractivity contribution in [3.05, 3.63) is 59.3 Å². The fourth-order valence-electron chi connectivity index (χ4n) is 1.87. The summed E-state index contributed by atoms with van der Waals surface area (Å²) in [4.78, 5) is 0. The normalized spacial score (nSPS) is 12.6. The molecule has 0 aliphatic heterocycles. The van der Waals surface area contributed by atoms with Gasteiger partial charge in [-0.3, -0.25) is 0 Å². The van der Waals surface area contributed by atoms with Gasteiger partial charge >= 0.3 is 0 Å². The minimum atomic E-state index is -0.189. The monoisotopic (exact) mass is 247 g/mol. The summed E-state index contributed by atoms with van der Waals surface area (Å²) in [6.07, 6.45) is 0.879. The van der Waals surface area contributed by atoms with Gasteiger partial charge in [-0.25, -0.2) is 4.39 Å². The molecule has 3 heteroatoms. The van der Waals surface area contributed by atoms with Crippen molar-refractivity contribution in [1.82, 2.24) is 5.32 Å². The number of hydrogen-bond donors (Lipinski definition) is 1. The number of furan rings is 1. The smallest absolute Gasteiger partial charge is 0.123 e. The zero-order valence-electron chi connectivity index (χ0n) is 10.7. The highest BCUT2D eigenvalue weighted by Gasteiger charge is 2.08. The molecule has 1 aromatic carbocycles. The summed E-state index contributed by atoms with van der Waals surface area (Å²) in [5, 5.41) is 3.39. The van der Waals surface area contributed by atoms with Gasteiger partial charge in [-0.1, -0.05) is 12.1 Å². The van der Waals surface area contributed by atoms with Gasteiger partial charge in [0.25, 0.3) is 0 Å². The lowest BCUT2D eigenvalue weighted by atomic mass is 10.1. The van der Waals surface area contributed by atoms with Crippen LogP contribution in [0.2, 0.25) is 0 Å². The molecule has 0 saturated heterocycles. The quantitative estimate of drug-likeness (QED) is 0.873. The van der Waals surface area contributed by atoms with Crippen LogP contribution in [0.3, 0.4) is 0 Å². The van der Waals surface area contributed by atoms with E-state index in [2.05, 4.69) is 12.2 Å². The van der Waals surface area contributed by atoms with E-state index in [9.17, 15) is 4.39 Å². The fraction of sp³-hybridized carbons (Fsp3) is 0.333. The standard InChI is InChI=1S/C15H18FNO/c1-11-3-8-15(18-11)12(2)17-10-9-13-4-6-14(16)7-5-13/h3-8,12,17H,9-10H2,1-2H3. The van der Waals surface area contributed by atoms with Crippen LogP contribution < -0.4 is 5.32 Å². The Bertz CT molecular complexity index is 489. The van der Waals surface area contributed by atoms with E-state index in [0.717, 1.165) is 30.0 Å². The van der Waals surface area contributed by atoms with Crippen molar-refractivity contribution in [2.45, 2.75) is 26.3 Å². The second-order valence-electron chi connectivity index (χ2n) is 4.50. The third-order valence-electron chi connectivity index (χ3n) is 2.97. The van der Waals surface area contributed by atoms with Gasteiger partial charge in [0.15, 0.2) is 0 Å². The Morgan fingerprint density at radius 3 is 2.50 bits per heavy atom. The molecule has 2 aromatic rings. The average molecular weight is 247 g/mol. The summed E-state index contributed by atoms with van der Waals surface area (Å²) >= 11 is 0. The van der Waals surface area contributed by atoms with E-state index < -0.39 is 0 Å². The highest BCUT2D eigenvalue weighted by Crippen LogP contribution is 2.15. The summed E-state index contributed by atoms with van der Waals surface area (Å²) in [6.45, 7) is 4.85. The number of aryl methyl sites for hydroxylation is 1. The van der Waals surface area contributed by atoms with E-state index in [1.807, 2.05) is 31.2 Å². The molecule has 0 saturated carbocycles. The molecule has 0 bridgehead atoms. The average Bonchev–Trinajstić information content (AvgIpc) is 2.78. The Hall–Kier alpha value is -1.61. The predicted molar refractivity (Wildman–Crippen MR) is 70.0 cm³/mol. The molecule has 0 aliphatic carbocycles. The summed E-state index contributed by atoms with van der Waals surface area (Å²) in [5.41, 5.74) is 1.13. The molecule has 18 heavy (non-hydrogen) atoms. The second kappa shape index (κ2) is 5.83. The largest absolute Gasteiger partial charge is 0.465 e. The predicted octanol–water partition coefficient (Wildman–Crippen LogP) is 3.62. The van der Waals surface area contributed by atoms with Gasteiger partial charge in [-0.05, 0) is 56.6 Å². The van der Waals surface area contributed by atoms with E-state index in [1.54, 1.807) is 0 Å². The van der Waals surface area contributed by atoms with Crippen molar-refractivity contribution in [2.75, 3.05) is 6.54 Å². The molecule has 1 unspecified atom stereocenters. The first-order valence-electron chi connectivity index (χ1n) is 6.19. The maximum absolute atomic E-state index is 12.7. The molecule has 1 N–H and O–H groups in total. The van der Waals surface area contributed by atoms with Gasteiger partial charge in [0.1, 0.15) is 17.3 Å². The Kier molecular flexibility index (Phi) is 4.15. The Balaban J connectivity index is 1.80. The Morgan fingerprint density at radius 1 is 1.17 bits per heavy atom. The van der Waals surface area contributed by atoms with E-state index in [1.165, 1.54) is 12.1 Å². The molecule has 96 valence electrons. The van der Waals surface area contributed by atoms with Crippen LogP contribution in [0.4, 0.5) is 4.39 Å². The van der Waals surface area contributed by atoms with Crippen LogP contribution in [-0.2, 0) is 6.42 Å². The summed E-state index contributed by atoms with van der Waals surface area (Å²) in [6, 6.07) is 10.8. The Morgan fingerprint density at radius 2 is 1.89 bits per heavy atom. The van der Waals surface area contributed by atoms with Crippen molar-refractivity contribution in [3.8, 4) is 0 Å². The molecular formula is C15H18FNO. The van der Waals surface area contributed by atoms with Gasteiger partial charge in [-0.15, -0.1) is 0 Å². The molecule has 0 spiro atoms. The third-order valence-corrected chi connectivity index (χ3v) is 2.97. The van der Waals surface area contributed by atoms with Gasteiger partial charge in [-0.2, -0.15) is 0 Å². The molecule has 0 amide bonds. The second-order valence-corrected chi connectivity index (χ2v) is 4.50. The first-order chi connectivity index (χ1) is 8.65. The van der Waals surface area contributed by atoms with Gasteiger partial charge < -0.3 is 9.73 Å². The molecule has 0 radical (unpaired) electrons. The van der Waals surface area contributed by atoms with E-state index in [0.29, 0.717) is 0 Å². The van der Waals surface area contributed by atoms with Crippen LogP contribution in [0.1, 0.15) is 30.0 Å². The van der Waals surface area contributed by atoms with Crippen molar-refractivity contribution < 1.29 is 8.81 Å². The highest BCUT2D eigenvalue weighted by atomic mass is 19.1. The van der Waals surface area contributed by atoms with Gasteiger partial charge in [0.2, 0.25) is 0 Å². The maximum Gasteiger partial charge on any atom is 0.123 e. The zero-order chi connectivity index (χ0) is 13.0. The van der Waals surface area contributed by atoms with Crippen LogP contribution in [0.25, 0.3) is 0 Å². The van der Waals surface area contributed by atoms with Gasteiger partial charge in [0, 0.05) is 0 Å². The first kappa shape index (κ1) is 12.8. The fourth-order valence-corrected chi connectivity index (χ4v) is 1.87. The number of rotatable bonds is 5. The zero-order valence-corrected chi connectivity index (χ0v) is 10.7. The molecule has 0 aliphatic rings. The molecule has 2 rings (SSSR count). The van der Waals surface area contributed by atoms with Crippen LogP contribution in [-0.4, -0.2) is 6.54 Å². The van der Waals surface area contributed by atoms with Crippen LogP contribution in [0.5, 0.6) is 0 Å². The van der Waals surface area contributed by atoms with Crippen molar-refractivity contribution in [3.63, 3.8) is 0 Å². The summed E-state index contributed by atoms with van der Waals surface area (Å²) in [7, 11) is 0. The number of hydrogen-bond acceptors (Lipinski definition) is 2. The van der Waals surface area contributed by atoms with Crippen molar-refractivity contribution in [1.29, 1.82) is 0 Å². The highest BCUT2D eigenvalue weighted by molar-refractivity contribution is 5.16. The van der Waals surface area contributed by atoms with Crippen LogP contribution >= 0.6 is 0 Å². The molecular weight excluding hydrogens is 229 g/mol. The number of halogens is 1. The topological polar surface area (TPSA) is 25.2 Å². The molecule has 1 atom stereocenters. The Labute approximate surface area is 107 Å². The van der Waals surface area contributed by atoms with Gasteiger partial charge in [0.05, 0.1) is 6.04 Å². The lowest BCUT2D eigenvalue weighted by Gasteiger charge is -2.11. The number of benzene rings is 1. The minimum Gasteiger partial charge on any atom is -0.465 e. The molecule has 0 fully saturated rings. The number of nitrogens with one attached hydrogen (secondary N) is 1. The molecule has 2 nitrogen and oxygen atoms in total. The first-order valence-corrected chi connectivity index (χ1v) is 6.19. The van der Waals surface area contributed by atoms with E-state index in [-0.39, 0.29) is 11.9 Å². The lowest BCUT2D eigenvalue weighted by Crippen LogP contribution is -2.20. The minimum absolute atomic E-state index is 0.189.